The van der Waals surface area contributed by atoms with E-state index in [9.17, 15) is 18.0 Å². The van der Waals surface area contributed by atoms with Gasteiger partial charge in [-0.1, -0.05) is 12.1 Å². The van der Waals surface area contributed by atoms with Gasteiger partial charge in [-0.25, -0.2) is 14.8 Å². The first kappa shape index (κ1) is 29.5. The first-order valence-electron chi connectivity index (χ1n) is 13.4. The molecule has 2 aromatic rings. The number of carbonyl (C=O) groups excluding carboxylic acids is 2. The van der Waals surface area contributed by atoms with Crippen LogP contribution < -0.4 is 21.3 Å². The molecule has 4 rings (SSSR count). The van der Waals surface area contributed by atoms with Crippen molar-refractivity contribution in [2.24, 2.45) is 5.73 Å². The molecule has 1 aromatic carbocycles. The molecule has 2 aliphatic rings. The van der Waals surface area contributed by atoms with E-state index < -0.39 is 16.1 Å². The van der Waals surface area contributed by atoms with Crippen LogP contribution in [0.3, 0.4) is 0 Å². The lowest BCUT2D eigenvalue weighted by Gasteiger charge is -2.34. The topological polar surface area (TPSA) is 157 Å². The lowest BCUT2D eigenvalue weighted by Crippen LogP contribution is -2.50. The number of primary amides is 1. The van der Waals surface area contributed by atoms with E-state index in [1.54, 1.807) is 28.2 Å². The van der Waals surface area contributed by atoms with Crippen molar-refractivity contribution in [1.29, 1.82) is 0 Å². The second-order valence-corrected chi connectivity index (χ2v) is 12.8. The van der Waals surface area contributed by atoms with Gasteiger partial charge in [0.05, 0.1) is 6.20 Å². The van der Waals surface area contributed by atoms with Gasteiger partial charge in [0, 0.05) is 66.1 Å². The first-order valence-corrected chi connectivity index (χ1v) is 14.8. The Kier molecular flexibility index (Phi) is 9.11. The Morgan fingerprint density at radius 3 is 2.30 bits per heavy atom. The van der Waals surface area contributed by atoms with Crippen molar-refractivity contribution >= 4 is 39.5 Å². The number of anilines is 3. The smallest absolute Gasteiger partial charge is 0.317 e. The van der Waals surface area contributed by atoms with Crippen LogP contribution in [0.1, 0.15) is 47.7 Å². The average Bonchev–Trinajstić information content (AvgIpc) is 2.93. The molecule has 2 aliphatic heterocycles. The van der Waals surface area contributed by atoms with Gasteiger partial charge < -0.3 is 26.2 Å². The Labute approximate surface area is 235 Å². The zero-order valence-corrected chi connectivity index (χ0v) is 24.3. The standard InChI is InChI=1S/C26H39N9O4S/c1-32(2)26(37)30-21-6-5-13-34(17-21)22-16-28-23(24(27)36)25(31-22)29-20-9-7-18(8-10-20)19-11-14-35(15-12-19)40(38,39)33(3)4/h7-10,16,19,21H,5-6,11-15,17H2,1-4H3,(H2,27,36)(H,29,31)(H,30,37). The van der Waals surface area contributed by atoms with Gasteiger partial charge in [0.15, 0.2) is 11.5 Å². The predicted molar refractivity (Wildman–Crippen MR) is 154 cm³/mol. The summed E-state index contributed by atoms with van der Waals surface area (Å²) < 4.78 is 27.6. The van der Waals surface area contributed by atoms with Gasteiger partial charge in [-0.15, -0.1) is 0 Å². The highest BCUT2D eigenvalue weighted by atomic mass is 32.2. The van der Waals surface area contributed by atoms with Crippen LogP contribution in [0.15, 0.2) is 30.5 Å². The quantitative estimate of drug-likeness (QED) is 0.429. The van der Waals surface area contributed by atoms with Crippen molar-refractivity contribution in [2.75, 3.05) is 64.6 Å². The molecule has 1 atom stereocenters. The molecule has 3 amide bonds. The molecule has 218 valence electrons. The van der Waals surface area contributed by atoms with Gasteiger partial charge in [-0.2, -0.15) is 17.0 Å². The molecular weight excluding hydrogens is 534 g/mol. The summed E-state index contributed by atoms with van der Waals surface area (Å²) in [7, 11) is 3.10. The SMILES string of the molecule is CN(C)C(=O)NC1CCCN(c2cnc(C(N)=O)c(Nc3ccc(C4CCN(S(=O)(=O)N(C)C)CC4)cc3)n2)C1. The zero-order valence-electron chi connectivity index (χ0n) is 23.5. The van der Waals surface area contributed by atoms with E-state index in [0.717, 1.165) is 43.5 Å². The summed E-state index contributed by atoms with van der Waals surface area (Å²) in [6, 6.07) is 7.66. The summed E-state index contributed by atoms with van der Waals surface area (Å²) in [5, 5.41) is 6.21. The molecule has 3 heterocycles. The number of piperidine rings is 2. The van der Waals surface area contributed by atoms with Crippen molar-refractivity contribution in [1.82, 2.24) is 28.8 Å². The molecular formula is C26H39N9O4S. The van der Waals surface area contributed by atoms with Crippen molar-refractivity contribution in [3.63, 3.8) is 0 Å². The minimum atomic E-state index is -3.40. The van der Waals surface area contributed by atoms with Crippen LogP contribution >= 0.6 is 0 Å². The van der Waals surface area contributed by atoms with Crippen molar-refractivity contribution in [3.8, 4) is 0 Å². The number of nitrogens with two attached hydrogens (primary N) is 1. The lowest BCUT2D eigenvalue weighted by atomic mass is 9.90. The van der Waals surface area contributed by atoms with E-state index in [4.69, 9.17) is 5.73 Å². The molecule has 2 saturated heterocycles. The second-order valence-electron chi connectivity index (χ2n) is 10.6. The van der Waals surface area contributed by atoms with Gasteiger partial charge in [-0.3, -0.25) is 4.79 Å². The molecule has 2 fully saturated rings. The Bertz CT molecular complexity index is 1310. The minimum Gasteiger partial charge on any atom is -0.364 e. The van der Waals surface area contributed by atoms with Crippen LogP contribution in [0, 0.1) is 0 Å². The van der Waals surface area contributed by atoms with E-state index in [0.29, 0.717) is 25.5 Å². The lowest BCUT2D eigenvalue weighted by molar-refractivity contribution is 0.0996. The molecule has 0 spiro atoms. The molecule has 1 aromatic heterocycles. The fraction of sp³-hybridized carbons (Fsp3) is 0.538. The normalized spacial score (nSPS) is 18.9. The second kappa shape index (κ2) is 12.4. The van der Waals surface area contributed by atoms with E-state index in [2.05, 4.69) is 20.6 Å². The third kappa shape index (κ3) is 6.80. The highest BCUT2D eigenvalue weighted by Crippen LogP contribution is 2.31. The zero-order chi connectivity index (χ0) is 29.0. The van der Waals surface area contributed by atoms with Crippen molar-refractivity contribution in [2.45, 2.75) is 37.6 Å². The first-order chi connectivity index (χ1) is 19.0. The molecule has 0 saturated carbocycles. The van der Waals surface area contributed by atoms with Gasteiger partial charge in [-0.05, 0) is 49.3 Å². The van der Waals surface area contributed by atoms with Gasteiger partial charge in [0.1, 0.15) is 5.82 Å². The highest BCUT2D eigenvalue weighted by molar-refractivity contribution is 7.86. The molecule has 13 nitrogen and oxygen atoms in total. The predicted octanol–water partition coefficient (Wildman–Crippen LogP) is 1.54. The van der Waals surface area contributed by atoms with E-state index in [-0.39, 0.29) is 29.5 Å². The molecule has 14 heteroatoms. The molecule has 4 N–H and O–H groups in total. The van der Waals surface area contributed by atoms with E-state index in [1.165, 1.54) is 19.7 Å². The summed E-state index contributed by atoms with van der Waals surface area (Å²) in [5.74, 6) is 0.422. The number of hydrogen-bond donors (Lipinski definition) is 3. The van der Waals surface area contributed by atoms with E-state index >= 15 is 0 Å². The van der Waals surface area contributed by atoms with Crippen LogP contribution in [0.2, 0.25) is 0 Å². The molecule has 0 radical (unpaired) electrons. The Morgan fingerprint density at radius 2 is 1.70 bits per heavy atom. The summed E-state index contributed by atoms with van der Waals surface area (Å²) in [4.78, 5) is 36.7. The number of nitrogens with one attached hydrogen (secondary N) is 2. The van der Waals surface area contributed by atoms with Crippen LogP contribution in [0.5, 0.6) is 0 Å². The van der Waals surface area contributed by atoms with Gasteiger partial charge in [0.2, 0.25) is 0 Å². The number of amides is 3. The molecule has 1 unspecified atom stereocenters. The highest BCUT2D eigenvalue weighted by Gasteiger charge is 2.30. The third-order valence-electron chi connectivity index (χ3n) is 7.36. The third-order valence-corrected chi connectivity index (χ3v) is 9.30. The number of hydrogen-bond acceptors (Lipinski definition) is 8. The maximum atomic E-state index is 12.4. The van der Waals surface area contributed by atoms with Crippen LogP contribution in [0.4, 0.5) is 22.1 Å². The van der Waals surface area contributed by atoms with Crippen LogP contribution in [0.25, 0.3) is 0 Å². The molecule has 0 aliphatic carbocycles. The summed E-state index contributed by atoms with van der Waals surface area (Å²) in [6.45, 7) is 2.28. The Morgan fingerprint density at radius 1 is 1.02 bits per heavy atom. The van der Waals surface area contributed by atoms with Gasteiger partial charge >= 0.3 is 6.03 Å². The van der Waals surface area contributed by atoms with E-state index in [1.807, 2.05) is 29.2 Å². The number of carbonyl (C=O) groups is 2. The summed E-state index contributed by atoms with van der Waals surface area (Å²) >= 11 is 0. The summed E-state index contributed by atoms with van der Waals surface area (Å²) in [6.07, 6.45) is 4.76. The monoisotopic (exact) mass is 573 g/mol. The number of rotatable bonds is 8. The molecule has 0 bridgehead atoms. The summed E-state index contributed by atoms with van der Waals surface area (Å²) in [5.41, 5.74) is 7.47. The maximum Gasteiger partial charge on any atom is 0.317 e. The fourth-order valence-corrected chi connectivity index (χ4v) is 6.17. The fourth-order valence-electron chi connectivity index (χ4n) is 5.03. The number of nitrogens with zero attached hydrogens (tertiary/aromatic N) is 6. The average molecular weight is 574 g/mol. The van der Waals surface area contributed by atoms with Crippen LogP contribution in [-0.2, 0) is 10.2 Å². The van der Waals surface area contributed by atoms with Crippen LogP contribution in [-0.4, -0.2) is 104 Å². The van der Waals surface area contributed by atoms with Crippen molar-refractivity contribution in [3.05, 3.63) is 41.7 Å². The maximum absolute atomic E-state index is 12.4. The van der Waals surface area contributed by atoms with Crippen molar-refractivity contribution < 1.29 is 18.0 Å². The van der Waals surface area contributed by atoms with Gasteiger partial charge in [0.25, 0.3) is 16.1 Å². The Balaban J connectivity index is 1.44. The largest absolute Gasteiger partial charge is 0.364 e. The number of benzene rings is 1. The Hall–Kier alpha value is -3.49. The minimum absolute atomic E-state index is 0.0277. The number of urea groups is 1. The number of aromatic nitrogens is 2. The molecule has 40 heavy (non-hydrogen) atoms.